The third-order valence-electron chi connectivity index (χ3n) is 4.14. The summed E-state index contributed by atoms with van der Waals surface area (Å²) in [6.45, 7) is 6.43. The Hall–Kier alpha value is -2.74. The van der Waals surface area contributed by atoms with Gasteiger partial charge in [0, 0.05) is 18.8 Å². The average molecular weight is 343 g/mol. The lowest BCUT2D eigenvalue weighted by molar-refractivity contribution is -0.383. The Bertz CT molecular complexity index is 742. The van der Waals surface area contributed by atoms with E-state index in [1.807, 2.05) is 29.2 Å². The molecule has 0 amide bonds. The van der Waals surface area contributed by atoms with Crippen LogP contribution in [0.1, 0.15) is 25.3 Å². The summed E-state index contributed by atoms with van der Waals surface area (Å²) in [4.78, 5) is 21.3. The van der Waals surface area contributed by atoms with Crippen molar-refractivity contribution < 1.29 is 9.66 Å². The minimum atomic E-state index is -0.435. The number of nitrogens with one attached hydrogen (secondary N) is 1. The van der Waals surface area contributed by atoms with Crippen LogP contribution in [0.5, 0.6) is 0 Å². The van der Waals surface area contributed by atoms with Gasteiger partial charge in [-0.2, -0.15) is 0 Å². The Labute approximate surface area is 146 Å². The van der Waals surface area contributed by atoms with E-state index in [0.717, 1.165) is 5.69 Å². The van der Waals surface area contributed by atoms with Gasteiger partial charge in [-0.05, 0) is 23.6 Å². The highest BCUT2D eigenvalue weighted by atomic mass is 16.6. The van der Waals surface area contributed by atoms with Gasteiger partial charge >= 0.3 is 5.69 Å². The van der Waals surface area contributed by atoms with Crippen molar-refractivity contribution in [3.8, 4) is 0 Å². The molecule has 0 atom stereocenters. The van der Waals surface area contributed by atoms with Gasteiger partial charge in [0.05, 0.1) is 18.1 Å². The van der Waals surface area contributed by atoms with Gasteiger partial charge in [0.15, 0.2) is 0 Å². The second-order valence-corrected chi connectivity index (χ2v) is 6.15. The highest BCUT2D eigenvalue weighted by Gasteiger charge is 2.28. The van der Waals surface area contributed by atoms with Crippen molar-refractivity contribution in [2.24, 2.45) is 0 Å². The molecule has 0 aliphatic carbocycles. The van der Waals surface area contributed by atoms with Crippen LogP contribution in [-0.4, -0.2) is 41.2 Å². The van der Waals surface area contributed by atoms with Crippen LogP contribution in [0.3, 0.4) is 0 Å². The van der Waals surface area contributed by atoms with E-state index in [9.17, 15) is 10.1 Å². The predicted octanol–water partition coefficient (Wildman–Crippen LogP) is 3.09. The molecule has 0 bridgehead atoms. The summed E-state index contributed by atoms with van der Waals surface area (Å²) in [6.07, 6.45) is 1.35. The fourth-order valence-corrected chi connectivity index (χ4v) is 2.72. The number of nitrogens with zero attached hydrogens (tertiary/aromatic N) is 4. The van der Waals surface area contributed by atoms with Gasteiger partial charge in [0.25, 0.3) is 0 Å². The molecule has 1 aromatic heterocycles. The lowest BCUT2D eigenvalue weighted by Crippen LogP contribution is -2.37. The molecule has 8 heteroatoms. The SMILES string of the molecule is CC(C)c1ccc(Nc2ncnc(N3CCOCC3)c2[N+](=O)[O-])cc1. The third-order valence-corrected chi connectivity index (χ3v) is 4.14. The van der Waals surface area contributed by atoms with Crippen molar-refractivity contribution in [3.05, 3.63) is 46.3 Å². The number of aromatic nitrogens is 2. The number of ether oxygens (including phenoxy) is 1. The van der Waals surface area contributed by atoms with Crippen molar-refractivity contribution in [1.29, 1.82) is 0 Å². The lowest BCUT2D eigenvalue weighted by atomic mass is 10.0. The topological polar surface area (TPSA) is 93.4 Å². The monoisotopic (exact) mass is 343 g/mol. The number of hydrogen-bond acceptors (Lipinski definition) is 7. The molecule has 1 aromatic carbocycles. The second kappa shape index (κ2) is 7.43. The number of rotatable bonds is 5. The maximum atomic E-state index is 11.6. The van der Waals surface area contributed by atoms with E-state index in [-0.39, 0.29) is 11.5 Å². The minimum Gasteiger partial charge on any atom is -0.378 e. The van der Waals surface area contributed by atoms with Gasteiger partial charge < -0.3 is 15.0 Å². The zero-order valence-corrected chi connectivity index (χ0v) is 14.3. The first kappa shape index (κ1) is 17.1. The van der Waals surface area contributed by atoms with Crippen LogP contribution >= 0.6 is 0 Å². The molecular formula is C17H21N5O3. The first-order chi connectivity index (χ1) is 12.1. The van der Waals surface area contributed by atoms with E-state index in [0.29, 0.717) is 38.0 Å². The molecule has 2 heterocycles. The molecule has 1 fully saturated rings. The molecule has 0 unspecified atom stereocenters. The Morgan fingerprint density at radius 3 is 2.48 bits per heavy atom. The van der Waals surface area contributed by atoms with E-state index in [1.54, 1.807) is 0 Å². The first-order valence-electron chi connectivity index (χ1n) is 8.25. The maximum absolute atomic E-state index is 11.6. The quantitative estimate of drug-likeness (QED) is 0.658. The summed E-state index contributed by atoms with van der Waals surface area (Å²) in [7, 11) is 0. The number of benzene rings is 1. The van der Waals surface area contributed by atoms with Gasteiger partial charge in [-0.1, -0.05) is 26.0 Å². The summed E-state index contributed by atoms with van der Waals surface area (Å²) >= 11 is 0. The van der Waals surface area contributed by atoms with E-state index in [4.69, 9.17) is 4.74 Å². The van der Waals surface area contributed by atoms with E-state index in [1.165, 1.54) is 11.9 Å². The molecule has 1 aliphatic heterocycles. The van der Waals surface area contributed by atoms with Gasteiger partial charge in [-0.3, -0.25) is 10.1 Å². The minimum absolute atomic E-state index is 0.114. The highest BCUT2D eigenvalue weighted by Crippen LogP contribution is 2.34. The van der Waals surface area contributed by atoms with Crippen LogP contribution in [0.2, 0.25) is 0 Å². The fourth-order valence-electron chi connectivity index (χ4n) is 2.72. The maximum Gasteiger partial charge on any atom is 0.353 e. The molecule has 1 saturated heterocycles. The summed E-state index contributed by atoms with van der Waals surface area (Å²) in [6, 6.07) is 7.80. The van der Waals surface area contributed by atoms with Crippen molar-refractivity contribution in [3.63, 3.8) is 0 Å². The van der Waals surface area contributed by atoms with Crippen LogP contribution in [0.25, 0.3) is 0 Å². The smallest absolute Gasteiger partial charge is 0.353 e. The van der Waals surface area contributed by atoms with Gasteiger partial charge in [0.1, 0.15) is 6.33 Å². The molecule has 1 N–H and O–H groups in total. The molecule has 3 rings (SSSR count). The van der Waals surface area contributed by atoms with Crippen LogP contribution < -0.4 is 10.2 Å². The zero-order chi connectivity index (χ0) is 17.8. The molecule has 132 valence electrons. The standard InChI is InChI=1S/C17H21N5O3/c1-12(2)13-3-5-14(6-4-13)20-16-15(22(23)24)17(19-11-18-16)21-7-9-25-10-8-21/h3-6,11-12H,7-10H2,1-2H3,(H,18,19,20). The highest BCUT2D eigenvalue weighted by molar-refractivity contribution is 5.74. The Morgan fingerprint density at radius 2 is 1.88 bits per heavy atom. The van der Waals surface area contributed by atoms with Crippen molar-refractivity contribution >= 4 is 23.0 Å². The van der Waals surface area contributed by atoms with E-state index >= 15 is 0 Å². The molecule has 1 aliphatic rings. The Morgan fingerprint density at radius 1 is 1.20 bits per heavy atom. The number of nitro groups is 1. The zero-order valence-electron chi connectivity index (χ0n) is 14.3. The van der Waals surface area contributed by atoms with Crippen LogP contribution in [-0.2, 0) is 4.74 Å². The fraction of sp³-hybridized carbons (Fsp3) is 0.412. The molecule has 25 heavy (non-hydrogen) atoms. The summed E-state index contributed by atoms with van der Waals surface area (Å²) in [5.41, 5.74) is 1.84. The predicted molar refractivity (Wildman–Crippen MR) is 95.5 cm³/mol. The normalized spacial score (nSPS) is 14.6. The second-order valence-electron chi connectivity index (χ2n) is 6.15. The molecule has 8 nitrogen and oxygen atoms in total. The first-order valence-corrected chi connectivity index (χ1v) is 8.25. The van der Waals surface area contributed by atoms with Crippen molar-refractivity contribution in [1.82, 2.24) is 9.97 Å². The molecule has 0 spiro atoms. The Balaban J connectivity index is 1.91. The molecular weight excluding hydrogens is 322 g/mol. The average Bonchev–Trinajstić information content (AvgIpc) is 2.62. The van der Waals surface area contributed by atoms with Gasteiger partial charge in [-0.15, -0.1) is 0 Å². The van der Waals surface area contributed by atoms with Crippen molar-refractivity contribution in [2.75, 3.05) is 36.5 Å². The van der Waals surface area contributed by atoms with Crippen molar-refractivity contribution in [2.45, 2.75) is 19.8 Å². The van der Waals surface area contributed by atoms with Crippen LogP contribution in [0, 0.1) is 10.1 Å². The summed E-state index contributed by atoms with van der Waals surface area (Å²) in [5.74, 6) is 0.943. The van der Waals surface area contributed by atoms with Crippen LogP contribution in [0.4, 0.5) is 23.0 Å². The molecule has 0 radical (unpaired) electrons. The van der Waals surface area contributed by atoms with Crippen LogP contribution in [0.15, 0.2) is 30.6 Å². The molecule has 2 aromatic rings. The lowest BCUT2D eigenvalue weighted by Gasteiger charge is -2.27. The van der Waals surface area contributed by atoms with E-state index < -0.39 is 4.92 Å². The van der Waals surface area contributed by atoms with Gasteiger partial charge in [-0.25, -0.2) is 9.97 Å². The molecule has 0 saturated carbocycles. The number of anilines is 3. The summed E-state index contributed by atoms with van der Waals surface area (Å²) in [5, 5.41) is 14.7. The Kier molecular flexibility index (Phi) is 5.08. The third kappa shape index (κ3) is 3.85. The van der Waals surface area contributed by atoms with Gasteiger partial charge in [0.2, 0.25) is 11.6 Å². The largest absolute Gasteiger partial charge is 0.378 e. The summed E-state index contributed by atoms with van der Waals surface area (Å²) < 4.78 is 5.31. The number of hydrogen-bond donors (Lipinski definition) is 1. The van der Waals surface area contributed by atoms with E-state index in [2.05, 4.69) is 29.1 Å². The number of morpholine rings is 1.